The van der Waals surface area contributed by atoms with Crippen LogP contribution in [0.4, 0.5) is 17.1 Å². The third kappa shape index (κ3) is 4.32. The van der Waals surface area contributed by atoms with Crippen molar-refractivity contribution in [2.75, 3.05) is 4.90 Å². The second kappa shape index (κ2) is 9.76. The summed E-state index contributed by atoms with van der Waals surface area (Å²) in [5, 5.41) is 9.11. The lowest BCUT2D eigenvalue weighted by molar-refractivity contribution is 0.660. The first kappa shape index (κ1) is 24.4. The number of hydrogen-bond donors (Lipinski definition) is 0. The molecule has 0 spiro atoms. The molecule has 0 aliphatic heterocycles. The first-order chi connectivity index (χ1) is 19.0. The van der Waals surface area contributed by atoms with Gasteiger partial charge in [0, 0.05) is 32.2 Å². The molecule has 0 saturated heterocycles. The van der Waals surface area contributed by atoms with Crippen LogP contribution in [0.25, 0.3) is 32.5 Å². The van der Waals surface area contributed by atoms with Crippen molar-refractivity contribution in [3.63, 3.8) is 0 Å². The first-order valence-electron chi connectivity index (χ1n) is 12.8. The zero-order valence-corrected chi connectivity index (χ0v) is 22.5. The minimum atomic E-state index is -0.173. The molecule has 1 aromatic heterocycles. The highest BCUT2D eigenvalue weighted by Crippen LogP contribution is 2.51. The van der Waals surface area contributed by atoms with Crippen LogP contribution in [-0.2, 0) is 5.41 Å². The number of para-hydroxylation sites is 2. The number of nitrogens with zero attached hydrogens (tertiary/aromatic N) is 3. The summed E-state index contributed by atoms with van der Waals surface area (Å²) in [5.74, 6) is 0. The predicted molar refractivity (Wildman–Crippen MR) is 162 cm³/mol. The molecule has 1 heterocycles. The van der Waals surface area contributed by atoms with Crippen molar-refractivity contribution in [3.8, 4) is 27.6 Å². The van der Waals surface area contributed by atoms with E-state index in [1.807, 2.05) is 24.3 Å². The van der Waals surface area contributed by atoms with Crippen molar-refractivity contribution in [1.82, 2.24) is 0 Å². The highest BCUT2D eigenvalue weighted by atomic mass is 32.1. The van der Waals surface area contributed by atoms with Crippen molar-refractivity contribution < 1.29 is 0 Å². The number of thiophene rings is 1. The quantitative estimate of drug-likeness (QED) is 0.171. The summed E-state index contributed by atoms with van der Waals surface area (Å²) in [7, 11) is 0. The molecule has 0 N–H and O–H groups in total. The monoisotopic (exact) mass is 519 g/mol. The molecule has 0 amide bonds. The van der Waals surface area contributed by atoms with Crippen molar-refractivity contribution >= 4 is 34.5 Å². The number of nitriles is 1. The molecule has 0 saturated carbocycles. The van der Waals surface area contributed by atoms with Crippen LogP contribution >= 0.6 is 11.3 Å². The Labute approximate surface area is 233 Å². The summed E-state index contributed by atoms with van der Waals surface area (Å²) in [6.07, 6.45) is 1.65. The minimum absolute atomic E-state index is 0.102. The Morgan fingerprint density at radius 2 is 1.41 bits per heavy atom. The maximum atomic E-state index is 9.11. The van der Waals surface area contributed by atoms with Crippen LogP contribution in [0.1, 0.15) is 29.9 Å². The summed E-state index contributed by atoms with van der Waals surface area (Å²) in [6.45, 7) is 11.8. The van der Waals surface area contributed by atoms with E-state index in [1.165, 1.54) is 22.3 Å². The molecule has 5 aromatic rings. The van der Waals surface area contributed by atoms with Gasteiger partial charge in [0.25, 0.3) is 5.70 Å². The fourth-order valence-electron chi connectivity index (χ4n) is 5.43. The van der Waals surface area contributed by atoms with E-state index in [0.29, 0.717) is 0 Å². The van der Waals surface area contributed by atoms with Gasteiger partial charge in [-0.25, -0.2) is 10.1 Å². The minimum Gasteiger partial charge on any atom is -0.310 e. The molecular weight excluding hydrogens is 494 g/mol. The molecular formula is C35H25N3S. The summed E-state index contributed by atoms with van der Waals surface area (Å²) < 4.78 is 0. The molecule has 0 fully saturated rings. The molecule has 0 radical (unpaired) electrons. The van der Waals surface area contributed by atoms with E-state index in [-0.39, 0.29) is 11.1 Å². The Morgan fingerprint density at radius 3 is 2.03 bits per heavy atom. The van der Waals surface area contributed by atoms with Crippen molar-refractivity contribution in [3.05, 3.63) is 142 Å². The predicted octanol–water partition coefficient (Wildman–Crippen LogP) is 9.97. The van der Waals surface area contributed by atoms with Gasteiger partial charge in [-0.1, -0.05) is 68.4 Å². The normalized spacial score (nSPS) is 13.2. The molecule has 0 unspecified atom stereocenters. The third-order valence-corrected chi connectivity index (χ3v) is 8.45. The lowest BCUT2D eigenvalue weighted by Gasteiger charge is -2.28. The van der Waals surface area contributed by atoms with Crippen LogP contribution in [0.3, 0.4) is 0 Å². The van der Waals surface area contributed by atoms with Crippen molar-refractivity contribution in [2.45, 2.75) is 19.3 Å². The standard InChI is InChI=1S/C35H25N3S/c1-35(2)32-20-24(34-19-16-29(39-34)21-25(23-36)37-3)14-17-30(32)31-18-15-28(22-33(31)35)38(26-10-6-4-7-11-26)27-12-8-5-9-13-27/h4-22H,1-2H3/b25-21-. The fourth-order valence-corrected chi connectivity index (χ4v) is 6.37. The SMILES string of the molecule is [C-]#[N+]/C(C#N)=C\c1ccc(-c2ccc3c(c2)C(C)(C)c2cc(N(c4ccccc4)c4ccccc4)ccc2-3)s1. The van der Waals surface area contributed by atoms with Gasteiger partial charge in [-0.2, -0.15) is 0 Å². The molecule has 186 valence electrons. The molecule has 4 aromatic carbocycles. The molecule has 0 atom stereocenters. The van der Waals surface area contributed by atoms with E-state index >= 15 is 0 Å². The van der Waals surface area contributed by atoms with Crippen LogP contribution in [0, 0.1) is 17.9 Å². The van der Waals surface area contributed by atoms with E-state index < -0.39 is 0 Å². The van der Waals surface area contributed by atoms with E-state index in [4.69, 9.17) is 11.8 Å². The molecule has 39 heavy (non-hydrogen) atoms. The Bertz CT molecular complexity index is 1740. The van der Waals surface area contributed by atoms with E-state index in [1.54, 1.807) is 17.4 Å². The molecule has 0 bridgehead atoms. The Kier molecular flexibility index (Phi) is 6.12. The van der Waals surface area contributed by atoms with Gasteiger partial charge in [0.1, 0.15) is 0 Å². The number of allylic oxidation sites excluding steroid dienone is 1. The lowest BCUT2D eigenvalue weighted by atomic mass is 9.81. The summed E-state index contributed by atoms with van der Waals surface area (Å²) in [6, 6.07) is 40.5. The highest BCUT2D eigenvalue weighted by molar-refractivity contribution is 7.16. The largest absolute Gasteiger partial charge is 0.310 e. The Hall–Kier alpha value is -4.90. The third-order valence-electron chi connectivity index (χ3n) is 7.37. The molecule has 3 nitrogen and oxygen atoms in total. The van der Waals surface area contributed by atoms with E-state index in [9.17, 15) is 0 Å². The van der Waals surface area contributed by atoms with Crippen molar-refractivity contribution in [2.24, 2.45) is 0 Å². The van der Waals surface area contributed by atoms with Crippen LogP contribution < -0.4 is 4.90 Å². The number of rotatable bonds is 5. The number of fused-ring (bicyclic) bond motifs is 3. The van der Waals surface area contributed by atoms with Crippen LogP contribution in [-0.4, -0.2) is 0 Å². The summed E-state index contributed by atoms with van der Waals surface area (Å²) in [5.41, 5.74) is 9.63. The van der Waals surface area contributed by atoms with Crippen LogP contribution in [0.5, 0.6) is 0 Å². The second-order valence-electron chi connectivity index (χ2n) is 10.1. The van der Waals surface area contributed by atoms with Gasteiger partial charge in [-0.15, -0.1) is 11.3 Å². The van der Waals surface area contributed by atoms with Crippen LogP contribution in [0.2, 0.25) is 0 Å². The van der Waals surface area contributed by atoms with Gasteiger partial charge in [0.2, 0.25) is 0 Å². The van der Waals surface area contributed by atoms with Gasteiger partial charge in [0.05, 0.1) is 12.6 Å². The maximum absolute atomic E-state index is 9.11. The van der Waals surface area contributed by atoms with E-state index in [0.717, 1.165) is 32.4 Å². The Morgan fingerprint density at radius 1 is 0.795 bits per heavy atom. The molecule has 1 aliphatic carbocycles. The number of anilines is 3. The topological polar surface area (TPSA) is 31.4 Å². The molecule has 6 rings (SSSR count). The number of benzene rings is 4. The van der Waals surface area contributed by atoms with Gasteiger partial charge in [-0.3, -0.25) is 0 Å². The number of hydrogen-bond acceptors (Lipinski definition) is 3. The zero-order chi connectivity index (χ0) is 27.0. The van der Waals surface area contributed by atoms with Gasteiger partial charge < -0.3 is 4.90 Å². The second-order valence-corrected chi connectivity index (χ2v) is 11.2. The van der Waals surface area contributed by atoms with Gasteiger partial charge in [0.15, 0.2) is 0 Å². The molecule has 1 aliphatic rings. The van der Waals surface area contributed by atoms with Crippen molar-refractivity contribution in [1.29, 1.82) is 5.26 Å². The summed E-state index contributed by atoms with van der Waals surface area (Å²) >= 11 is 1.60. The average molecular weight is 520 g/mol. The first-order valence-corrected chi connectivity index (χ1v) is 13.6. The lowest BCUT2D eigenvalue weighted by Crippen LogP contribution is -2.16. The fraction of sp³-hybridized carbons (Fsp3) is 0.0857. The average Bonchev–Trinajstić information content (AvgIpc) is 3.53. The van der Waals surface area contributed by atoms with Crippen LogP contribution in [0.15, 0.2) is 115 Å². The van der Waals surface area contributed by atoms with Gasteiger partial charge in [-0.05, 0) is 88.5 Å². The smallest absolute Gasteiger partial charge is 0.263 e. The highest BCUT2D eigenvalue weighted by Gasteiger charge is 2.36. The zero-order valence-electron chi connectivity index (χ0n) is 21.7. The summed E-state index contributed by atoms with van der Waals surface area (Å²) in [4.78, 5) is 7.63. The maximum Gasteiger partial charge on any atom is 0.263 e. The van der Waals surface area contributed by atoms with Gasteiger partial charge >= 0.3 is 0 Å². The molecule has 4 heteroatoms. The Balaban J connectivity index is 1.41. The van der Waals surface area contributed by atoms with E-state index in [2.05, 4.69) is 115 Å².